The second kappa shape index (κ2) is 6.71. The number of ether oxygens (including phenoxy) is 1. The normalized spacial score (nSPS) is 18.4. The molecule has 0 amide bonds. The Morgan fingerprint density at radius 3 is 2.70 bits per heavy atom. The third-order valence-corrected chi connectivity index (χ3v) is 5.17. The fraction of sp³-hybridized carbons (Fsp3) is 0.227. The maximum atomic E-state index is 13.2. The number of nitrogens with one attached hydrogen (secondary N) is 1. The number of hydrogen-bond acceptors (Lipinski definition) is 3. The van der Waals surface area contributed by atoms with Crippen LogP contribution >= 0.6 is 22.6 Å². The topological polar surface area (TPSA) is 43.3 Å². The van der Waals surface area contributed by atoms with Crippen LogP contribution < -0.4 is 10.1 Å². The van der Waals surface area contributed by atoms with Gasteiger partial charge in [0.2, 0.25) is 6.23 Å². The monoisotopic (exact) mass is 472 g/mol. The lowest BCUT2D eigenvalue weighted by molar-refractivity contribution is 0.0901. The lowest BCUT2D eigenvalue weighted by Gasteiger charge is -2.30. The van der Waals surface area contributed by atoms with Gasteiger partial charge in [-0.1, -0.05) is 12.1 Å². The summed E-state index contributed by atoms with van der Waals surface area (Å²) < 4.78 is 9.49. The number of rotatable bonds is 2. The van der Waals surface area contributed by atoms with E-state index < -0.39 is 6.23 Å². The van der Waals surface area contributed by atoms with Gasteiger partial charge in [-0.3, -0.25) is 4.79 Å². The third kappa shape index (κ3) is 3.48. The Hall–Kier alpha value is -2.28. The Labute approximate surface area is 172 Å². The standard InChI is InChI=1S/C22H21IN2O2/c1-22(2,3)24-13-17-20(26)16-6-4-5-7-19(16)27-21(17)25-11-10-14-12-15(23)8-9-18(14)25/h4-13,21,24H,1-3H3/b17-13+. The number of benzene rings is 2. The Bertz CT molecular complexity index is 1060. The molecule has 5 heteroatoms. The summed E-state index contributed by atoms with van der Waals surface area (Å²) in [5.41, 5.74) is 2.08. The van der Waals surface area contributed by atoms with Crippen molar-refractivity contribution in [3.05, 3.63) is 75.6 Å². The zero-order valence-electron chi connectivity index (χ0n) is 15.5. The molecule has 27 heavy (non-hydrogen) atoms. The molecule has 138 valence electrons. The summed E-state index contributed by atoms with van der Waals surface area (Å²) >= 11 is 2.31. The van der Waals surface area contributed by atoms with Gasteiger partial charge in [-0.2, -0.15) is 0 Å². The van der Waals surface area contributed by atoms with E-state index in [4.69, 9.17) is 4.74 Å². The molecule has 0 saturated carbocycles. The van der Waals surface area contributed by atoms with Crippen molar-refractivity contribution in [3.63, 3.8) is 0 Å². The molecule has 0 radical (unpaired) electrons. The van der Waals surface area contributed by atoms with Crippen LogP contribution in [0.15, 0.2) is 66.5 Å². The fourth-order valence-electron chi connectivity index (χ4n) is 3.19. The SMILES string of the molecule is CC(C)(C)N/C=C1\C(=O)c2ccccc2OC1n1ccc2cc(I)ccc21. The average Bonchev–Trinajstić information content (AvgIpc) is 3.02. The molecule has 3 aromatic rings. The number of fused-ring (bicyclic) bond motifs is 2. The van der Waals surface area contributed by atoms with E-state index in [2.05, 4.69) is 72.9 Å². The first kappa shape index (κ1) is 18.1. The van der Waals surface area contributed by atoms with Gasteiger partial charge in [0.25, 0.3) is 0 Å². The largest absolute Gasteiger partial charge is 0.465 e. The van der Waals surface area contributed by atoms with Gasteiger partial charge in [0.1, 0.15) is 5.75 Å². The van der Waals surface area contributed by atoms with Crippen molar-refractivity contribution in [2.24, 2.45) is 0 Å². The molecule has 1 aliphatic heterocycles. The number of para-hydroxylation sites is 1. The molecule has 1 atom stereocenters. The van der Waals surface area contributed by atoms with Crippen LogP contribution in [-0.4, -0.2) is 15.9 Å². The molecule has 1 N–H and O–H groups in total. The van der Waals surface area contributed by atoms with Crippen molar-refractivity contribution in [2.45, 2.75) is 32.5 Å². The van der Waals surface area contributed by atoms with Gasteiger partial charge in [-0.15, -0.1) is 0 Å². The predicted molar refractivity (Wildman–Crippen MR) is 116 cm³/mol. The van der Waals surface area contributed by atoms with Crippen LogP contribution in [0.4, 0.5) is 0 Å². The first-order valence-electron chi connectivity index (χ1n) is 8.88. The van der Waals surface area contributed by atoms with Gasteiger partial charge < -0.3 is 14.6 Å². The lowest BCUT2D eigenvalue weighted by Crippen LogP contribution is -2.35. The van der Waals surface area contributed by atoms with E-state index in [0.717, 1.165) is 10.9 Å². The highest BCUT2D eigenvalue weighted by molar-refractivity contribution is 14.1. The summed E-state index contributed by atoms with van der Waals surface area (Å²) in [6.45, 7) is 6.19. The van der Waals surface area contributed by atoms with Gasteiger partial charge in [0, 0.05) is 26.9 Å². The fourth-order valence-corrected chi connectivity index (χ4v) is 3.70. The summed E-state index contributed by atoms with van der Waals surface area (Å²) in [7, 11) is 0. The molecule has 0 saturated heterocycles. The van der Waals surface area contributed by atoms with Gasteiger partial charge >= 0.3 is 0 Å². The Morgan fingerprint density at radius 2 is 1.93 bits per heavy atom. The molecule has 1 aliphatic rings. The summed E-state index contributed by atoms with van der Waals surface area (Å²) in [4.78, 5) is 13.2. The van der Waals surface area contributed by atoms with E-state index in [1.54, 1.807) is 0 Å². The summed E-state index contributed by atoms with van der Waals surface area (Å²) in [5, 5.41) is 4.45. The van der Waals surface area contributed by atoms with Crippen LogP contribution in [0.3, 0.4) is 0 Å². The first-order valence-corrected chi connectivity index (χ1v) is 9.96. The smallest absolute Gasteiger partial charge is 0.207 e. The third-order valence-electron chi connectivity index (χ3n) is 4.49. The second-order valence-corrected chi connectivity index (χ2v) is 8.96. The molecular weight excluding hydrogens is 451 g/mol. The quantitative estimate of drug-likeness (QED) is 0.407. The average molecular weight is 472 g/mol. The molecule has 1 aromatic heterocycles. The van der Waals surface area contributed by atoms with Crippen LogP contribution in [0.25, 0.3) is 10.9 Å². The number of carbonyl (C=O) groups is 1. The highest BCUT2D eigenvalue weighted by Gasteiger charge is 2.33. The highest BCUT2D eigenvalue weighted by atomic mass is 127. The number of carbonyl (C=O) groups excluding carboxylic acids is 1. The van der Waals surface area contributed by atoms with Crippen molar-refractivity contribution in [1.29, 1.82) is 0 Å². The van der Waals surface area contributed by atoms with Crippen LogP contribution in [0.1, 0.15) is 37.4 Å². The minimum absolute atomic E-state index is 0.00837. The van der Waals surface area contributed by atoms with Crippen molar-refractivity contribution in [1.82, 2.24) is 9.88 Å². The number of nitrogens with zero attached hydrogens (tertiary/aromatic N) is 1. The number of Topliss-reactive ketones (excluding diaryl/α,β-unsaturated/α-hetero) is 1. The molecule has 2 heterocycles. The molecule has 4 rings (SSSR count). The molecule has 1 unspecified atom stereocenters. The van der Waals surface area contributed by atoms with Crippen molar-refractivity contribution >= 4 is 39.3 Å². The van der Waals surface area contributed by atoms with E-state index in [-0.39, 0.29) is 11.3 Å². The van der Waals surface area contributed by atoms with E-state index in [1.165, 1.54) is 3.57 Å². The number of aromatic nitrogens is 1. The van der Waals surface area contributed by atoms with Crippen molar-refractivity contribution < 1.29 is 9.53 Å². The van der Waals surface area contributed by atoms with E-state index in [0.29, 0.717) is 16.9 Å². The van der Waals surface area contributed by atoms with Gasteiger partial charge in [-0.05, 0) is 79.8 Å². The number of ketones is 1. The van der Waals surface area contributed by atoms with Gasteiger partial charge in [-0.25, -0.2) is 0 Å². The number of hydrogen-bond donors (Lipinski definition) is 1. The summed E-state index contributed by atoms with van der Waals surface area (Å²) in [5.74, 6) is 0.610. The first-order chi connectivity index (χ1) is 12.8. The molecule has 0 spiro atoms. The lowest BCUT2D eigenvalue weighted by atomic mass is 9.98. The minimum Gasteiger partial charge on any atom is -0.465 e. The van der Waals surface area contributed by atoms with Crippen LogP contribution in [0.2, 0.25) is 0 Å². The van der Waals surface area contributed by atoms with Crippen LogP contribution in [-0.2, 0) is 0 Å². The maximum Gasteiger partial charge on any atom is 0.207 e. The van der Waals surface area contributed by atoms with Gasteiger partial charge in [0.15, 0.2) is 5.78 Å². The second-order valence-electron chi connectivity index (χ2n) is 7.72. The van der Waals surface area contributed by atoms with Crippen molar-refractivity contribution in [2.75, 3.05) is 0 Å². The molecule has 2 aromatic carbocycles. The molecule has 0 fully saturated rings. The number of halogens is 1. The molecular formula is C22H21IN2O2. The maximum absolute atomic E-state index is 13.2. The zero-order valence-corrected chi connectivity index (χ0v) is 17.7. The zero-order chi connectivity index (χ0) is 19.2. The Balaban J connectivity index is 1.86. The van der Waals surface area contributed by atoms with E-state index >= 15 is 0 Å². The summed E-state index contributed by atoms with van der Waals surface area (Å²) in [6, 6.07) is 15.7. The summed E-state index contributed by atoms with van der Waals surface area (Å²) in [6.07, 6.45) is 3.28. The predicted octanol–water partition coefficient (Wildman–Crippen LogP) is 5.29. The highest BCUT2D eigenvalue weighted by Crippen LogP contribution is 2.37. The molecule has 0 aliphatic carbocycles. The Morgan fingerprint density at radius 1 is 1.15 bits per heavy atom. The van der Waals surface area contributed by atoms with E-state index in [1.807, 2.05) is 41.2 Å². The molecule has 4 nitrogen and oxygen atoms in total. The van der Waals surface area contributed by atoms with Crippen LogP contribution in [0.5, 0.6) is 5.75 Å². The molecule has 0 bridgehead atoms. The van der Waals surface area contributed by atoms with E-state index in [9.17, 15) is 4.79 Å². The minimum atomic E-state index is -0.514. The van der Waals surface area contributed by atoms with Crippen LogP contribution in [0, 0.1) is 3.57 Å². The Kier molecular flexibility index (Phi) is 4.50. The van der Waals surface area contributed by atoms with Gasteiger partial charge in [0.05, 0.1) is 16.7 Å². The van der Waals surface area contributed by atoms with Crippen molar-refractivity contribution in [3.8, 4) is 5.75 Å².